The van der Waals surface area contributed by atoms with Gasteiger partial charge in [0.15, 0.2) is 0 Å². The molecule has 0 fully saturated rings. The van der Waals surface area contributed by atoms with Gasteiger partial charge in [0.2, 0.25) is 0 Å². The third-order valence-electron chi connectivity index (χ3n) is 2.04. The van der Waals surface area contributed by atoms with Crippen molar-refractivity contribution in [2.45, 2.75) is 13.0 Å². The summed E-state index contributed by atoms with van der Waals surface area (Å²) >= 11 is 5.91. The van der Waals surface area contributed by atoms with Crippen molar-refractivity contribution in [1.82, 2.24) is 4.90 Å². The molecule has 0 spiro atoms. The van der Waals surface area contributed by atoms with Gasteiger partial charge in [-0.2, -0.15) is 0 Å². The van der Waals surface area contributed by atoms with Crippen molar-refractivity contribution in [3.63, 3.8) is 0 Å². The maximum atomic E-state index is 11.5. The molecule has 0 radical (unpaired) electrons. The molecule has 0 aliphatic heterocycles. The second kappa shape index (κ2) is 8.19. The summed E-state index contributed by atoms with van der Waals surface area (Å²) in [5, 5.41) is 3.09. The molecule has 1 atom stereocenters. The summed E-state index contributed by atoms with van der Waals surface area (Å²) in [5.74, 6) is 0. The normalized spacial score (nSPS) is 11.6. The number of amides is 1. The van der Waals surface area contributed by atoms with Gasteiger partial charge in [0.05, 0.1) is 10.7 Å². The third-order valence-corrected chi connectivity index (χ3v) is 2.37. The van der Waals surface area contributed by atoms with Gasteiger partial charge in [0.25, 0.3) is 0 Å². The highest BCUT2D eigenvalue weighted by atomic mass is 35.5. The first-order valence-electron chi connectivity index (χ1n) is 5.36. The van der Waals surface area contributed by atoms with E-state index in [0.29, 0.717) is 17.3 Å². The molecular weight excluding hydrogens is 275 g/mol. The van der Waals surface area contributed by atoms with E-state index in [1.54, 1.807) is 24.3 Å². The van der Waals surface area contributed by atoms with Gasteiger partial charge in [0.1, 0.15) is 6.10 Å². The Bertz CT molecular complexity index is 386. The van der Waals surface area contributed by atoms with Gasteiger partial charge in [-0.25, -0.2) is 4.79 Å². The van der Waals surface area contributed by atoms with Crippen LogP contribution in [0, 0.1) is 0 Å². The first-order valence-corrected chi connectivity index (χ1v) is 5.73. The number of hydrogen-bond acceptors (Lipinski definition) is 3. The lowest BCUT2D eigenvalue weighted by molar-refractivity contribution is 0.103. The van der Waals surface area contributed by atoms with Crippen LogP contribution in [0.15, 0.2) is 24.3 Å². The fourth-order valence-electron chi connectivity index (χ4n) is 1.44. The molecule has 1 unspecified atom stereocenters. The second-order valence-electron chi connectivity index (χ2n) is 4.08. The Morgan fingerprint density at radius 2 is 2.06 bits per heavy atom. The maximum absolute atomic E-state index is 11.5. The zero-order chi connectivity index (χ0) is 12.8. The van der Waals surface area contributed by atoms with E-state index in [1.165, 1.54) is 0 Å². The van der Waals surface area contributed by atoms with E-state index in [4.69, 9.17) is 16.3 Å². The number of hydrogen-bond donors (Lipinski definition) is 1. The standard InChI is InChI=1S/C12H17ClN2O2.ClH/c1-9(8-15(2)3)17-12(16)14-11-7-5-4-6-10(11)13;/h4-7,9H,8H2,1-3H3,(H,14,16);1H. The molecule has 0 aliphatic rings. The van der Waals surface area contributed by atoms with Crippen LogP contribution in [0.25, 0.3) is 0 Å². The number of carbonyl (C=O) groups is 1. The predicted molar refractivity (Wildman–Crippen MR) is 76.8 cm³/mol. The first kappa shape index (κ1) is 17.0. The molecule has 0 saturated heterocycles. The van der Waals surface area contributed by atoms with E-state index in [-0.39, 0.29) is 18.5 Å². The van der Waals surface area contributed by atoms with Crippen LogP contribution in [-0.4, -0.2) is 37.7 Å². The number of anilines is 1. The van der Waals surface area contributed by atoms with Crippen LogP contribution in [0.4, 0.5) is 10.5 Å². The van der Waals surface area contributed by atoms with Gasteiger partial charge in [-0.15, -0.1) is 12.4 Å². The van der Waals surface area contributed by atoms with Crippen LogP contribution in [0.2, 0.25) is 5.02 Å². The number of nitrogens with one attached hydrogen (secondary N) is 1. The monoisotopic (exact) mass is 292 g/mol. The highest BCUT2D eigenvalue weighted by Gasteiger charge is 2.11. The smallest absolute Gasteiger partial charge is 0.411 e. The summed E-state index contributed by atoms with van der Waals surface area (Å²) in [6, 6.07) is 7.03. The van der Waals surface area contributed by atoms with Crippen LogP contribution in [0.5, 0.6) is 0 Å². The van der Waals surface area contributed by atoms with Crippen LogP contribution in [0.1, 0.15) is 6.92 Å². The molecule has 4 nitrogen and oxygen atoms in total. The zero-order valence-electron chi connectivity index (χ0n) is 10.6. The number of rotatable bonds is 4. The van der Waals surface area contributed by atoms with Crippen LogP contribution >= 0.6 is 24.0 Å². The average molecular weight is 293 g/mol. The topological polar surface area (TPSA) is 41.6 Å². The molecule has 0 aromatic heterocycles. The van der Waals surface area contributed by atoms with Gasteiger partial charge >= 0.3 is 6.09 Å². The lowest BCUT2D eigenvalue weighted by Crippen LogP contribution is -2.29. The summed E-state index contributed by atoms with van der Waals surface area (Å²) < 4.78 is 5.17. The van der Waals surface area contributed by atoms with Crippen molar-refractivity contribution >= 4 is 35.8 Å². The number of nitrogens with zero attached hydrogens (tertiary/aromatic N) is 1. The lowest BCUT2D eigenvalue weighted by Gasteiger charge is -2.17. The summed E-state index contributed by atoms with van der Waals surface area (Å²) in [6.45, 7) is 2.52. The number of ether oxygens (including phenoxy) is 1. The fraction of sp³-hybridized carbons (Fsp3) is 0.417. The van der Waals surface area contributed by atoms with Gasteiger partial charge in [-0.05, 0) is 33.2 Å². The fourth-order valence-corrected chi connectivity index (χ4v) is 1.62. The molecule has 1 rings (SSSR count). The van der Waals surface area contributed by atoms with Crippen molar-refractivity contribution < 1.29 is 9.53 Å². The molecule has 1 N–H and O–H groups in total. The molecule has 1 amide bonds. The Balaban J connectivity index is 0.00000289. The second-order valence-corrected chi connectivity index (χ2v) is 4.49. The summed E-state index contributed by atoms with van der Waals surface area (Å²) in [7, 11) is 3.84. The predicted octanol–water partition coefficient (Wildman–Crippen LogP) is 3.26. The molecular formula is C12H18Cl2N2O2. The van der Waals surface area contributed by atoms with E-state index in [1.807, 2.05) is 25.9 Å². The van der Waals surface area contributed by atoms with E-state index in [9.17, 15) is 4.79 Å². The Hall–Kier alpha value is -0.970. The Kier molecular flexibility index (Phi) is 7.75. The van der Waals surface area contributed by atoms with Crippen molar-refractivity contribution in [2.24, 2.45) is 0 Å². The van der Waals surface area contributed by atoms with E-state index in [2.05, 4.69) is 5.32 Å². The largest absolute Gasteiger partial charge is 0.445 e. The zero-order valence-corrected chi connectivity index (χ0v) is 12.2. The third kappa shape index (κ3) is 6.10. The molecule has 6 heteroatoms. The van der Waals surface area contributed by atoms with Gasteiger partial charge < -0.3 is 9.64 Å². The number of carbonyl (C=O) groups excluding carboxylic acids is 1. The minimum Gasteiger partial charge on any atom is -0.445 e. The summed E-state index contributed by atoms with van der Waals surface area (Å²) in [5.41, 5.74) is 0.552. The van der Waals surface area contributed by atoms with Crippen LogP contribution in [0.3, 0.4) is 0 Å². The quantitative estimate of drug-likeness (QED) is 0.926. The number of likely N-dealkylation sites (N-methyl/N-ethyl adjacent to an activating group) is 1. The highest BCUT2D eigenvalue weighted by Crippen LogP contribution is 2.20. The number of benzene rings is 1. The van der Waals surface area contributed by atoms with Crippen molar-refractivity contribution in [2.75, 3.05) is 26.0 Å². The SMILES string of the molecule is CC(CN(C)C)OC(=O)Nc1ccccc1Cl.Cl. The molecule has 102 valence electrons. The Morgan fingerprint density at radius 1 is 1.44 bits per heavy atom. The van der Waals surface area contributed by atoms with E-state index < -0.39 is 6.09 Å². The molecule has 0 heterocycles. The minimum absolute atomic E-state index is 0. The van der Waals surface area contributed by atoms with Crippen molar-refractivity contribution in [3.05, 3.63) is 29.3 Å². The molecule has 0 saturated carbocycles. The molecule has 1 aromatic carbocycles. The summed E-state index contributed by atoms with van der Waals surface area (Å²) in [4.78, 5) is 13.5. The van der Waals surface area contributed by atoms with E-state index in [0.717, 1.165) is 0 Å². The maximum Gasteiger partial charge on any atom is 0.411 e. The molecule has 0 aliphatic carbocycles. The van der Waals surface area contributed by atoms with Crippen molar-refractivity contribution in [3.8, 4) is 0 Å². The molecule has 0 bridgehead atoms. The van der Waals surface area contributed by atoms with Crippen LogP contribution < -0.4 is 5.32 Å². The van der Waals surface area contributed by atoms with E-state index >= 15 is 0 Å². The number of halogens is 2. The van der Waals surface area contributed by atoms with Gasteiger partial charge in [0, 0.05) is 6.54 Å². The molecule has 1 aromatic rings. The Morgan fingerprint density at radius 3 is 2.61 bits per heavy atom. The van der Waals surface area contributed by atoms with Crippen LogP contribution in [-0.2, 0) is 4.74 Å². The summed E-state index contributed by atoms with van der Waals surface area (Å²) in [6.07, 6.45) is -0.667. The van der Waals surface area contributed by atoms with Gasteiger partial charge in [-0.3, -0.25) is 5.32 Å². The average Bonchev–Trinajstić information content (AvgIpc) is 2.19. The van der Waals surface area contributed by atoms with Gasteiger partial charge in [-0.1, -0.05) is 23.7 Å². The Labute approximate surface area is 119 Å². The highest BCUT2D eigenvalue weighted by molar-refractivity contribution is 6.33. The first-order chi connectivity index (χ1) is 7.99. The lowest BCUT2D eigenvalue weighted by atomic mass is 10.3. The van der Waals surface area contributed by atoms with Crippen molar-refractivity contribution in [1.29, 1.82) is 0 Å². The number of para-hydroxylation sites is 1. The molecule has 18 heavy (non-hydrogen) atoms. The minimum atomic E-state index is -0.493.